The molecule has 0 spiro atoms. The lowest BCUT2D eigenvalue weighted by molar-refractivity contribution is -0.528. The molecule has 0 saturated heterocycles. The molecule has 0 heterocycles. The summed E-state index contributed by atoms with van der Waals surface area (Å²) in [5.74, 6) is -3.08. The molecule has 9 heteroatoms. The van der Waals surface area contributed by atoms with Gasteiger partial charge in [-0.3, -0.25) is 24.5 Å². The molecule has 1 N–H and O–H groups in total. The quantitative estimate of drug-likeness (QED) is 0.441. The number of carbonyl (C=O) groups excluding carboxylic acids is 3. The first kappa shape index (κ1) is 19.9. The minimum atomic E-state index is -0.986. The van der Waals surface area contributed by atoms with Gasteiger partial charge in [-0.25, -0.2) is 0 Å². The number of nitrogens with zero attached hydrogens (tertiary/aromatic N) is 1. The summed E-state index contributed by atoms with van der Waals surface area (Å²) in [5, 5.41) is 13.5. The fourth-order valence-corrected chi connectivity index (χ4v) is 2.72. The Balaban J connectivity index is 2.65. The summed E-state index contributed by atoms with van der Waals surface area (Å²) in [7, 11) is 1.20. The number of carbonyl (C=O) groups is 3. The van der Waals surface area contributed by atoms with E-state index in [0.717, 1.165) is 0 Å². The molecular formula is C15H24N2O7. The Morgan fingerprint density at radius 3 is 2.25 bits per heavy atom. The van der Waals surface area contributed by atoms with Crippen LogP contribution in [-0.4, -0.2) is 48.1 Å². The van der Waals surface area contributed by atoms with Crippen molar-refractivity contribution >= 4 is 17.8 Å². The highest BCUT2D eigenvalue weighted by molar-refractivity contribution is 5.84. The third-order valence-corrected chi connectivity index (χ3v) is 3.71. The highest BCUT2D eigenvalue weighted by Crippen LogP contribution is 2.31. The van der Waals surface area contributed by atoms with Crippen LogP contribution in [0.15, 0.2) is 0 Å². The Morgan fingerprint density at radius 1 is 1.17 bits per heavy atom. The zero-order valence-corrected chi connectivity index (χ0v) is 14.4. The van der Waals surface area contributed by atoms with E-state index in [1.54, 1.807) is 20.8 Å². The van der Waals surface area contributed by atoms with Gasteiger partial charge in [-0.05, 0) is 27.2 Å². The molecular weight excluding hydrogens is 320 g/mol. The third-order valence-electron chi connectivity index (χ3n) is 3.71. The Bertz CT molecular complexity index is 512. The van der Waals surface area contributed by atoms with Gasteiger partial charge < -0.3 is 14.8 Å². The van der Waals surface area contributed by atoms with Gasteiger partial charge in [0.1, 0.15) is 12.1 Å². The molecule has 9 nitrogen and oxygen atoms in total. The normalized spacial score (nSPS) is 23.9. The summed E-state index contributed by atoms with van der Waals surface area (Å²) in [6.45, 7) is 4.79. The predicted octanol–water partition coefficient (Wildman–Crippen LogP) is 0.679. The summed E-state index contributed by atoms with van der Waals surface area (Å²) in [4.78, 5) is 46.1. The van der Waals surface area contributed by atoms with Gasteiger partial charge in [-0.2, -0.15) is 0 Å². The fourth-order valence-electron chi connectivity index (χ4n) is 2.72. The maximum Gasteiger partial charge on any atom is 0.325 e. The molecule has 0 aromatic rings. The lowest BCUT2D eigenvalue weighted by Crippen LogP contribution is -2.44. The van der Waals surface area contributed by atoms with Crippen molar-refractivity contribution in [2.24, 2.45) is 11.8 Å². The van der Waals surface area contributed by atoms with Gasteiger partial charge in [0.25, 0.3) is 0 Å². The number of hydrogen-bond donors (Lipinski definition) is 1. The molecule has 0 radical (unpaired) electrons. The lowest BCUT2D eigenvalue weighted by Gasteiger charge is -2.28. The van der Waals surface area contributed by atoms with Crippen molar-refractivity contribution in [2.75, 3.05) is 13.7 Å². The highest BCUT2D eigenvalue weighted by atomic mass is 16.6. The first-order chi connectivity index (χ1) is 11.0. The van der Waals surface area contributed by atoms with E-state index < -0.39 is 46.2 Å². The van der Waals surface area contributed by atoms with Crippen molar-refractivity contribution in [3.8, 4) is 0 Å². The van der Waals surface area contributed by atoms with Gasteiger partial charge in [-0.15, -0.1) is 0 Å². The van der Waals surface area contributed by atoms with Crippen LogP contribution >= 0.6 is 0 Å². The van der Waals surface area contributed by atoms with Crippen LogP contribution in [0.1, 0.15) is 40.0 Å². The third kappa shape index (κ3) is 6.13. The molecule has 0 aliphatic heterocycles. The molecule has 1 rings (SSSR count). The molecule has 0 aromatic heterocycles. The van der Waals surface area contributed by atoms with Gasteiger partial charge in [0.05, 0.1) is 13.0 Å². The number of rotatable bonds is 5. The van der Waals surface area contributed by atoms with E-state index in [-0.39, 0.29) is 25.8 Å². The smallest absolute Gasteiger partial charge is 0.325 e. The number of amides is 1. The maximum atomic E-state index is 12.2. The molecule has 136 valence electrons. The summed E-state index contributed by atoms with van der Waals surface area (Å²) < 4.78 is 9.71. The minimum absolute atomic E-state index is 0.0284. The van der Waals surface area contributed by atoms with Crippen LogP contribution in [0.2, 0.25) is 0 Å². The zero-order valence-electron chi connectivity index (χ0n) is 14.4. The van der Waals surface area contributed by atoms with E-state index in [4.69, 9.17) is 4.74 Å². The van der Waals surface area contributed by atoms with Crippen LogP contribution < -0.4 is 5.32 Å². The summed E-state index contributed by atoms with van der Waals surface area (Å²) in [6, 6.07) is -0.986. The first-order valence-corrected chi connectivity index (χ1v) is 7.74. The first-order valence-electron chi connectivity index (χ1n) is 7.74. The molecule has 1 saturated carbocycles. The topological polar surface area (TPSA) is 125 Å². The molecule has 0 aromatic carbocycles. The second-order valence-electron chi connectivity index (χ2n) is 6.87. The number of nitrogens with one attached hydrogen (secondary N) is 1. The molecule has 24 heavy (non-hydrogen) atoms. The molecule has 1 fully saturated rings. The van der Waals surface area contributed by atoms with Crippen molar-refractivity contribution < 1.29 is 28.8 Å². The number of esters is 2. The summed E-state index contributed by atoms with van der Waals surface area (Å²) in [6.07, 6.45) is 0.243. The summed E-state index contributed by atoms with van der Waals surface area (Å²) >= 11 is 0. The molecule has 1 amide bonds. The van der Waals surface area contributed by atoms with E-state index in [2.05, 4.69) is 10.1 Å². The average Bonchev–Trinajstić information content (AvgIpc) is 2.49. The van der Waals surface area contributed by atoms with Gasteiger partial charge >= 0.3 is 11.9 Å². The Labute approximate surface area is 140 Å². The Kier molecular flexibility index (Phi) is 6.68. The van der Waals surface area contributed by atoms with Gasteiger partial charge in [0, 0.05) is 23.7 Å². The number of methoxy groups -OCH3 is 1. The van der Waals surface area contributed by atoms with Crippen LogP contribution in [0.5, 0.6) is 0 Å². The van der Waals surface area contributed by atoms with Gasteiger partial charge in [0.15, 0.2) is 0 Å². The van der Waals surface area contributed by atoms with Crippen molar-refractivity contribution in [2.45, 2.75) is 51.7 Å². The standard InChI is InChI=1S/C15H24N2O7/c1-15(2,3)24-12(18)8-16-13(19)9-5-10(14(20)23-4)7-11(6-9)17(21)22/h9-11H,5-8H2,1-4H3,(H,16,19). The van der Waals surface area contributed by atoms with Crippen molar-refractivity contribution in [1.82, 2.24) is 5.32 Å². The minimum Gasteiger partial charge on any atom is -0.469 e. The maximum absolute atomic E-state index is 12.2. The number of ether oxygens (including phenoxy) is 2. The van der Waals surface area contributed by atoms with E-state index in [0.29, 0.717) is 0 Å². The van der Waals surface area contributed by atoms with Crippen LogP contribution in [-0.2, 0) is 23.9 Å². The van der Waals surface area contributed by atoms with Crippen LogP contribution in [0, 0.1) is 22.0 Å². The van der Waals surface area contributed by atoms with E-state index in [9.17, 15) is 24.5 Å². The average molecular weight is 344 g/mol. The van der Waals surface area contributed by atoms with Crippen molar-refractivity contribution in [3.05, 3.63) is 10.1 Å². The Morgan fingerprint density at radius 2 is 1.75 bits per heavy atom. The second kappa shape index (κ2) is 8.07. The van der Waals surface area contributed by atoms with Crippen molar-refractivity contribution in [3.63, 3.8) is 0 Å². The number of nitro groups is 1. The van der Waals surface area contributed by atoms with Crippen LogP contribution in [0.4, 0.5) is 0 Å². The molecule has 1 aliphatic rings. The van der Waals surface area contributed by atoms with Crippen LogP contribution in [0.3, 0.4) is 0 Å². The monoisotopic (exact) mass is 344 g/mol. The van der Waals surface area contributed by atoms with Gasteiger partial charge in [-0.1, -0.05) is 0 Å². The SMILES string of the molecule is COC(=O)C1CC(C(=O)NCC(=O)OC(C)(C)C)CC([N+](=O)[O-])C1. The van der Waals surface area contributed by atoms with Gasteiger partial charge in [0.2, 0.25) is 11.9 Å². The van der Waals surface area contributed by atoms with E-state index in [1.807, 2.05) is 0 Å². The largest absolute Gasteiger partial charge is 0.469 e. The predicted molar refractivity (Wildman–Crippen MR) is 82.5 cm³/mol. The second-order valence-corrected chi connectivity index (χ2v) is 6.87. The fraction of sp³-hybridized carbons (Fsp3) is 0.800. The number of hydrogen-bond acceptors (Lipinski definition) is 7. The molecule has 1 aliphatic carbocycles. The highest BCUT2D eigenvalue weighted by Gasteiger charge is 2.41. The zero-order chi connectivity index (χ0) is 18.5. The summed E-state index contributed by atoms with van der Waals surface area (Å²) in [5.41, 5.74) is -0.667. The molecule has 0 bridgehead atoms. The molecule has 3 unspecified atom stereocenters. The lowest BCUT2D eigenvalue weighted by atomic mass is 9.78. The van der Waals surface area contributed by atoms with Crippen LogP contribution in [0.25, 0.3) is 0 Å². The van der Waals surface area contributed by atoms with Crippen molar-refractivity contribution in [1.29, 1.82) is 0 Å². The van der Waals surface area contributed by atoms with E-state index >= 15 is 0 Å². The molecule has 3 atom stereocenters. The van der Waals surface area contributed by atoms with E-state index in [1.165, 1.54) is 7.11 Å². The Hall–Kier alpha value is -2.19.